The highest BCUT2D eigenvalue weighted by atomic mass is 16.5. The van der Waals surface area contributed by atoms with Crippen molar-refractivity contribution in [3.8, 4) is 40.2 Å². The van der Waals surface area contributed by atoms with Gasteiger partial charge in [0.1, 0.15) is 40.2 Å². The maximum atomic E-state index is 13.6. The van der Waals surface area contributed by atoms with E-state index in [2.05, 4.69) is 88.4 Å². The molecule has 0 bridgehead atoms. The molecule has 6 nitrogen and oxygen atoms in total. The van der Waals surface area contributed by atoms with E-state index >= 15 is 0 Å². The van der Waals surface area contributed by atoms with E-state index < -0.39 is 0 Å². The fraction of sp³-hybridized carbons (Fsp3) is 0.156. The molecule has 6 heteroatoms. The summed E-state index contributed by atoms with van der Waals surface area (Å²) in [6.07, 6.45) is 8.14. The predicted octanol–water partition coefficient (Wildman–Crippen LogP) is 16.6. The Morgan fingerprint density at radius 3 is 1.06 bits per heavy atom. The van der Waals surface area contributed by atoms with Crippen LogP contribution in [0.15, 0.2) is 194 Å². The van der Waals surface area contributed by atoms with Gasteiger partial charge < -0.3 is 18.9 Å². The summed E-state index contributed by atoms with van der Waals surface area (Å²) in [5.41, 5.74) is 9.51. The molecule has 0 aliphatic rings. The van der Waals surface area contributed by atoms with Crippen molar-refractivity contribution in [1.82, 2.24) is 0 Å². The predicted molar refractivity (Wildman–Crippen MR) is 284 cm³/mol. The zero-order chi connectivity index (χ0) is 49.4. The molecule has 0 amide bonds. The zero-order valence-corrected chi connectivity index (χ0v) is 41.1. The van der Waals surface area contributed by atoms with Gasteiger partial charge in [0.05, 0.1) is 7.11 Å². The standard InChI is InChI=1S/C64H58O6/c1-9-11-48-41-52(27-39-59(48)67-8)64(6,7)53-28-40-60(49(42-53)12-10-2)70-58-33-21-47(22-34-58)62(66)46-19-31-55(32-20-46)69-57-37-25-51(26-38-57)63(4,5)50-23-35-56(36-24-50)68-54-29-17-45(18-30-54)61(65)44-15-13-43(3)14-16-44/h9-42H,1-8H3/b11-9+,12-10+. The smallest absolute Gasteiger partial charge is 0.193 e. The normalized spacial score (nSPS) is 11.7. The minimum atomic E-state index is -0.296. The number of rotatable bonds is 17. The molecule has 0 aromatic heterocycles. The topological polar surface area (TPSA) is 71.1 Å². The Kier molecular flexibility index (Phi) is 14.5. The van der Waals surface area contributed by atoms with Crippen LogP contribution in [-0.4, -0.2) is 18.7 Å². The lowest BCUT2D eigenvalue weighted by Gasteiger charge is -2.28. The number of methoxy groups -OCH3 is 1. The van der Waals surface area contributed by atoms with E-state index in [1.807, 2.05) is 130 Å². The Bertz CT molecular complexity index is 3160. The maximum Gasteiger partial charge on any atom is 0.193 e. The summed E-state index contributed by atoms with van der Waals surface area (Å²) < 4.78 is 24.3. The van der Waals surface area contributed by atoms with Crippen LogP contribution in [0.3, 0.4) is 0 Å². The van der Waals surface area contributed by atoms with Crippen LogP contribution >= 0.6 is 0 Å². The lowest BCUT2D eigenvalue weighted by molar-refractivity contribution is 0.103. The van der Waals surface area contributed by atoms with Crippen molar-refractivity contribution in [1.29, 1.82) is 0 Å². The van der Waals surface area contributed by atoms with Gasteiger partial charge in [-0.15, -0.1) is 0 Å². The molecule has 0 aliphatic carbocycles. The summed E-state index contributed by atoms with van der Waals surface area (Å²) in [5, 5.41) is 0. The van der Waals surface area contributed by atoms with Gasteiger partial charge in [0, 0.05) is 44.2 Å². The molecule has 8 rings (SSSR count). The first kappa shape index (κ1) is 48.2. The number of allylic oxidation sites excluding steroid dienone is 2. The number of benzene rings is 8. The van der Waals surface area contributed by atoms with Crippen molar-refractivity contribution in [3.63, 3.8) is 0 Å². The third kappa shape index (κ3) is 10.9. The van der Waals surface area contributed by atoms with E-state index in [0.717, 1.165) is 44.9 Å². The van der Waals surface area contributed by atoms with Gasteiger partial charge in [-0.1, -0.05) is 118 Å². The molecule has 0 saturated heterocycles. The van der Waals surface area contributed by atoms with E-state index in [4.69, 9.17) is 18.9 Å². The Morgan fingerprint density at radius 2 is 0.686 bits per heavy atom. The van der Waals surface area contributed by atoms with Crippen LogP contribution in [0.5, 0.6) is 40.2 Å². The molecule has 0 fully saturated rings. The molecule has 0 radical (unpaired) electrons. The second-order valence-corrected chi connectivity index (χ2v) is 18.4. The fourth-order valence-corrected chi connectivity index (χ4v) is 8.45. The van der Waals surface area contributed by atoms with Gasteiger partial charge in [0.25, 0.3) is 0 Å². The fourth-order valence-electron chi connectivity index (χ4n) is 8.45. The number of ketones is 2. The average Bonchev–Trinajstić information content (AvgIpc) is 3.38. The molecule has 8 aromatic carbocycles. The van der Waals surface area contributed by atoms with Crippen LogP contribution in [0.2, 0.25) is 0 Å². The van der Waals surface area contributed by atoms with Crippen molar-refractivity contribution in [2.45, 2.75) is 59.3 Å². The lowest BCUT2D eigenvalue weighted by atomic mass is 9.77. The van der Waals surface area contributed by atoms with Crippen LogP contribution in [0.1, 0.15) is 112 Å². The Hall–Kier alpha value is -8.22. The quantitative estimate of drug-likeness (QED) is 0.0848. The van der Waals surface area contributed by atoms with E-state index in [1.54, 1.807) is 43.5 Å². The molecule has 70 heavy (non-hydrogen) atoms. The molecular formula is C64H58O6. The van der Waals surface area contributed by atoms with E-state index in [1.165, 1.54) is 5.56 Å². The lowest BCUT2D eigenvalue weighted by Crippen LogP contribution is -2.19. The molecule has 0 aliphatic heterocycles. The zero-order valence-electron chi connectivity index (χ0n) is 41.1. The number of hydrogen-bond donors (Lipinski definition) is 0. The van der Waals surface area contributed by atoms with Crippen LogP contribution in [0.4, 0.5) is 0 Å². The van der Waals surface area contributed by atoms with Crippen LogP contribution in [0, 0.1) is 6.92 Å². The number of hydrogen-bond acceptors (Lipinski definition) is 6. The second kappa shape index (κ2) is 21.0. The molecule has 0 saturated carbocycles. The van der Waals surface area contributed by atoms with Gasteiger partial charge in [-0.05, 0) is 164 Å². The van der Waals surface area contributed by atoms with Gasteiger partial charge in [0.15, 0.2) is 11.6 Å². The van der Waals surface area contributed by atoms with E-state index in [9.17, 15) is 9.59 Å². The monoisotopic (exact) mass is 922 g/mol. The minimum absolute atomic E-state index is 0.0186. The number of carbonyl (C=O) groups is 2. The number of carbonyl (C=O) groups excluding carboxylic acids is 2. The van der Waals surface area contributed by atoms with Crippen molar-refractivity contribution in [2.24, 2.45) is 0 Å². The molecule has 0 atom stereocenters. The van der Waals surface area contributed by atoms with Gasteiger partial charge in [-0.3, -0.25) is 9.59 Å². The first-order chi connectivity index (χ1) is 33.7. The van der Waals surface area contributed by atoms with Crippen molar-refractivity contribution in [2.75, 3.05) is 7.11 Å². The van der Waals surface area contributed by atoms with Gasteiger partial charge in [-0.2, -0.15) is 0 Å². The number of aryl methyl sites for hydroxylation is 1. The summed E-state index contributed by atoms with van der Waals surface area (Å²) in [6.45, 7) is 14.8. The molecule has 0 unspecified atom stereocenters. The summed E-state index contributed by atoms with van der Waals surface area (Å²) in [6, 6.07) is 58.1. The highest BCUT2D eigenvalue weighted by molar-refractivity contribution is 6.09. The van der Waals surface area contributed by atoms with Gasteiger partial charge in [0.2, 0.25) is 0 Å². The third-order valence-electron chi connectivity index (χ3n) is 12.9. The van der Waals surface area contributed by atoms with Crippen molar-refractivity contribution >= 4 is 23.7 Å². The van der Waals surface area contributed by atoms with Crippen LogP contribution in [-0.2, 0) is 10.8 Å². The highest BCUT2D eigenvalue weighted by Crippen LogP contribution is 2.39. The maximum absolute atomic E-state index is 13.6. The summed E-state index contributed by atoms with van der Waals surface area (Å²) in [7, 11) is 1.70. The molecule has 0 N–H and O–H groups in total. The largest absolute Gasteiger partial charge is 0.496 e. The Morgan fingerprint density at radius 1 is 0.386 bits per heavy atom. The summed E-state index contributed by atoms with van der Waals surface area (Å²) >= 11 is 0. The van der Waals surface area contributed by atoms with Crippen molar-refractivity contribution in [3.05, 3.63) is 255 Å². The third-order valence-corrected chi connectivity index (χ3v) is 12.9. The second-order valence-electron chi connectivity index (χ2n) is 18.4. The van der Waals surface area contributed by atoms with E-state index in [-0.39, 0.29) is 22.4 Å². The SMILES string of the molecule is C/C=C/c1cc(C(C)(C)c2ccc(Oc3ccc(C(=O)c4ccc(Oc5ccc(C(C)(C)c6ccc(Oc7ccc(C(=O)c8ccc(C)cc8)cc7)cc6)cc5)cc4)cc3)c(/C=C/C)c2)ccc1OC. The van der Waals surface area contributed by atoms with E-state index in [0.29, 0.717) is 51.0 Å². The van der Waals surface area contributed by atoms with Gasteiger partial charge >= 0.3 is 0 Å². The summed E-state index contributed by atoms with van der Waals surface area (Å²) in [5.74, 6) is 4.77. The minimum Gasteiger partial charge on any atom is -0.496 e. The average molecular weight is 923 g/mol. The van der Waals surface area contributed by atoms with Crippen molar-refractivity contribution < 1.29 is 28.5 Å². The van der Waals surface area contributed by atoms with Gasteiger partial charge in [-0.25, -0.2) is 0 Å². The Balaban J connectivity index is 0.859. The Labute approximate surface area is 412 Å². The highest BCUT2D eigenvalue weighted by Gasteiger charge is 2.26. The first-order valence-electron chi connectivity index (χ1n) is 23.5. The van der Waals surface area contributed by atoms with Crippen LogP contribution in [0.25, 0.3) is 12.2 Å². The summed E-state index contributed by atoms with van der Waals surface area (Å²) in [4.78, 5) is 26.5. The molecule has 0 heterocycles. The first-order valence-corrected chi connectivity index (χ1v) is 23.5. The molecule has 350 valence electrons. The molecule has 8 aromatic rings. The molecular weight excluding hydrogens is 865 g/mol. The molecule has 0 spiro atoms. The van der Waals surface area contributed by atoms with Crippen LogP contribution < -0.4 is 18.9 Å². The number of ether oxygens (including phenoxy) is 4.